The first kappa shape index (κ1) is 18.9. The first-order chi connectivity index (χ1) is 12.8. The highest BCUT2D eigenvalue weighted by Gasteiger charge is 2.33. The van der Waals surface area contributed by atoms with Crippen LogP contribution in [0.15, 0.2) is 41.3 Å². The van der Waals surface area contributed by atoms with E-state index in [0.29, 0.717) is 31.8 Å². The fraction of sp³-hybridized carbons (Fsp3) is 0.105. The van der Waals surface area contributed by atoms with Gasteiger partial charge in [-0.3, -0.25) is 9.69 Å². The number of carboxylic acid groups (broad SMARTS) is 1. The molecule has 0 saturated carbocycles. The summed E-state index contributed by atoms with van der Waals surface area (Å²) in [5.41, 5.74) is 1.80. The first-order valence-electron chi connectivity index (χ1n) is 7.80. The minimum atomic E-state index is -1.06. The second-order valence-corrected chi connectivity index (χ2v) is 7.43. The molecule has 3 rings (SSSR count). The number of hydrogen-bond donors (Lipinski definition) is 2. The van der Waals surface area contributed by atoms with Gasteiger partial charge < -0.3 is 14.9 Å². The summed E-state index contributed by atoms with van der Waals surface area (Å²) in [6.45, 7) is 1.69. The number of carboxylic acids is 1. The van der Waals surface area contributed by atoms with E-state index >= 15 is 0 Å². The molecule has 1 saturated heterocycles. The maximum absolute atomic E-state index is 12.8. The van der Waals surface area contributed by atoms with Crippen molar-refractivity contribution in [2.24, 2.45) is 0 Å². The third kappa shape index (κ3) is 3.67. The van der Waals surface area contributed by atoms with Crippen LogP contribution in [0.2, 0.25) is 0 Å². The van der Waals surface area contributed by atoms with E-state index in [0.717, 1.165) is 11.8 Å². The number of carbonyl (C=O) groups is 2. The number of thioether (sulfide) groups is 1. The number of phenols is 1. The molecule has 0 unspecified atom stereocenters. The Kier molecular flexibility index (Phi) is 5.20. The lowest BCUT2D eigenvalue weighted by Gasteiger charge is -2.15. The third-order valence-corrected chi connectivity index (χ3v) is 5.31. The second-order valence-electron chi connectivity index (χ2n) is 5.75. The monoisotopic (exact) mass is 401 g/mol. The van der Waals surface area contributed by atoms with Crippen LogP contribution in [-0.2, 0) is 4.79 Å². The number of hydrogen-bond acceptors (Lipinski definition) is 6. The standard InChI is InChI=1S/C19H15NO5S2/c1-10-3-5-12(9-13(10)18(23)24)20-17(22)16(27-19(20)26)8-11-4-6-14(21)15(7-11)25-2/h3-9,21H,1-2H3,(H,23,24)/b16-8-. The van der Waals surface area contributed by atoms with Crippen molar-refractivity contribution in [2.45, 2.75) is 6.92 Å². The first-order valence-corrected chi connectivity index (χ1v) is 9.03. The van der Waals surface area contributed by atoms with Crippen molar-refractivity contribution >= 4 is 51.9 Å². The average molecular weight is 401 g/mol. The lowest BCUT2D eigenvalue weighted by molar-refractivity contribution is -0.113. The van der Waals surface area contributed by atoms with Gasteiger partial charge in [0, 0.05) is 0 Å². The van der Waals surface area contributed by atoms with E-state index in [1.54, 1.807) is 37.3 Å². The predicted octanol–water partition coefficient (Wildman–Crippen LogP) is 3.81. The number of thiocarbonyl (C=S) groups is 1. The molecule has 1 amide bonds. The predicted molar refractivity (Wildman–Crippen MR) is 108 cm³/mol. The zero-order chi connectivity index (χ0) is 19.7. The zero-order valence-electron chi connectivity index (χ0n) is 14.4. The highest BCUT2D eigenvalue weighted by Crippen LogP contribution is 2.37. The summed E-state index contributed by atoms with van der Waals surface area (Å²) in [6.07, 6.45) is 1.65. The van der Waals surface area contributed by atoms with Crippen LogP contribution < -0.4 is 9.64 Å². The van der Waals surface area contributed by atoms with Gasteiger partial charge in [0.2, 0.25) is 0 Å². The van der Waals surface area contributed by atoms with Gasteiger partial charge in [-0.15, -0.1) is 0 Å². The lowest BCUT2D eigenvalue weighted by atomic mass is 10.1. The van der Waals surface area contributed by atoms with Crippen LogP contribution in [0.3, 0.4) is 0 Å². The van der Waals surface area contributed by atoms with Crippen molar-refractivity contribution in [3.8, 4) is 11.5 Å². The Balaban J connectivity index is 1.96. The number of methoxy groups -OCH3 is 1. The maximum atomic E-state index is 12.8. The highest BCUT2D eigenvalue weighted by molar-refractivity contribution is 8.27. The Bertz CT molecular complexity index is 1000. The second kappa shape index (κ2) is 7.42. The number of aromatic carboxylic acids is 1. The number of aryl methyl sites for hydroxylation is 1. The summed E-state index contributed by atoms with van der Waals surface area (Å²) in [5.74, 6) is -1.10. The lowest BCUT2D eigenvalue weighted by Crippen LogP contribution is -2.27. The molecule has 0 aromatic heterocycles. The van der Waals surface area contributed by atoms with E-state index < -0.39 is 5.97 Å². The quantitative estimate of drug-likeness (QED) is 0.595. The van der Waals surface area contributed by atoms with Crippen LogP contribution in [0.4, 0.5) is 5.69 Å². The Morgan fingerprint density at radius 1 is 1.26 bits per heavy atom. The normalized spacial score (nSPS) is 15.5. The summed E-state index contributed by atoms with van der Waals surface area (Å²) < 4.78 is 5.39. The smallest absolute Gasteiger partial charge is 0.336 e. The fourth-order valence-electron chi connectivity index (χ4n) is 2.61. The average Bonchev–Trinajstić information content (AvgIpc) is 2.90. The van der Waals surface area contributed by atoms with E-state index in [9.17, 15) is 19.8 Å². The van der Waals surface area contributed by atoms with Crippen molar-refractivity contribution in [1.29, 1.82) is 0 Å². The Labute approximate surface area is 165 Å². The van der Waals surface area contributed by atoms with Gasteiger partial charge in [-0.25, -0.2) is 4.79 Å². The highest BCUT2D eigenvalue weighted by atomic mass is 32.2. The van der Waals surface area contributed by atoms with Crippen molar-refractivity contribution in [1.82, 2.24) is 0 Å². The third-order valence-electron chi connectivity index (χ3n) is 4.01. The molecular formula is C19H15NO5S2. The van der Waals surface area contributed by atoms with E-state index in [2.05, 4.69) is 0 Å². The molecule has 1 aliphatic heterocycles. The summed E-state index contributed by atoms with van der Waals surface area (Å²) in [5, 5.41) is 19.0. The number of phenolic OH excluding ortho intramolecular Hbond substituents is 1. The number of anilines is 1. The molecule has 2 aromatic rings. The molecule has 1 aliphatic rings. The minimum Gasteiger partial charge on any atom is -0.504 e. The summed E-state index contributed by atoms with van der Waals surface area (Å²) in [6, 6.07) is 9.49. The van der Waals surface area contributed by atoms with Crippen molar-refractivity contribution in [3.63, 3.8) is 0 Å². The molecule has 6 nitrogen and oxygen atoms in total. The number of amides is 1. The van der Waals surface area contributed by atoms with Crippen molar-refractivity contribution in [2.75, 3.05) is 12.0 Å². The number of rotatable bonds is 4. The molecular weight excluding hydrogens is 386 g/mol. The van der Waals surface area contributed by atoms with Crippen LogP contribution in [0, 0.1) is 6.92 Å². The van der Waals surface area contributed by atoms with E-state index in [4.69, 9.17) is 17.0 Å². The minimum absolute atomic E-state index is 0.00283. The molecule has 0 spiro atoms. The molecule has 1 heterocycles. The van der Waals surface area contributed by atoms with Crippen molar-refractivity contribution < 1.29 is 24.5 Å². The number of ether oxygens (including phenoxy) is 1. The molecule has 138 valence electrons. The number of benzene rings is 2. The summed E-state index contributed by atoms with van der Waals surface area (Å²) in [4.78, 5) is 25.9. The molecule has 0 atom stereocenters. The van der Waals surface area contributed by atoms with Gasteiger partial charge in [0.15, 0.2) is 15.8 Å². The van der Waals surface area contributed by atoms with Gasteiger partial charge in [-0.05, 0) is 48.4 Å². The largest absolute Gasteiger partial charge is 0.504 e. The van der Waals surface area contributed by atoms with Crippen LogP contribution >= 0.6 is 24.0 Å². The van der Waals surface area contributed by atoms with Crippen LogP contribution in [0.5, 0.6) is 11.5 Å². The summed E-state index contributed by atoms with van der Waals surface area (Å²) >= 11 is 6.44. The SMILES string of the molecule is COc1cc(/C=C2\SC(=S)N(c3ccc(C)c(C(=O)O)c3)C2=O)ccc1O. The molecule has 2 N–H and O–H groups in total. The van der Waals surface area contributed by atoms with Crippen LogP contribution in [0.25, 0.3) is 6.08 Å². The van der Waals surface area contributed by atoms with E-state index in [1.807, 2.05) is 0 Å². The van der Waals surface area contributed by atoms with Gasteiger partial charge in [-0.2, -0.15) is 0 Å². The number of nitrogens with zero attached hydrogens (tertiary/aromatic N) is 1. The van der Waals surface area contributed by atoms with E-state index in [-0.39, 0.29) is 17.2 Å². The number of carbonyl (C=O) groups excluding carboxylic acids is 1. The van der Waals surface area contributed by atoms with Gasteiger partial charge in [0.05, 0.1) is 23.3 Å². The maximum Gasteiger partial charge on any atom is 0.336 e. The molecule has 0 radical (unpaired) electrons. The van der Waals surface area contributed by atoms with Crippen molar-refractivity contribution in [3.05, 3.63) is 58.0 Å². The van der Waals surface area contributed by atoms with Gasteiger partial charge in [0.25, 0.3) is 5.91 Å². The topological polar surface area (TPSA) is 87.1 Å². The van der Waals surface area contributed by atoms with Crippen LogP contribution in [-0.4, -0.2) is 33.5 Å². The Morgan fingerprint density at radius 3 is 2.67 bits per heavy atom. The Morgan fingerprint density at radius 2 is 2.00 bits per heavy atom. The molecule has 8 heteroatoms. The van der Waals surface area contributed by atoms with E-state index in [1.165, 1.54) is 24.1 Å². The molecule has 1 fully saturated rings. The van der Waals surface area contributed by atoms with Crippen LogP contribution in [0.1, 0.15) is 21.5 Å². The molecule has 2 aromatic carbocycles. The Hall–Kier alpha value is -2.84. The molecule has 27 heavy (non-hydrogen) atoms. The summed E-state index contributed by atoms with van der Waals surface area (Å²) in [7, 11) is 1.44. The molecule has 0 bridgehead atoms. The fourth-order valence-corrected chi connectivity index (χ4v) is 3.90. The van der Waals surface area contributed by atoms with Gasteiger partial charge in [-0.1, -0.05) is 36.1 Å². The molecule has 0 aliphatic carbocycles. The number of aromatic hydroxyl groups is 1. The zero-order valence-corrected chi connectivity index (χ0v) is 16.1. The van der Waals surface area contributed by atoms with Gasteiger partial charge in [0.1, 0.15) is 0 Å². The van der Waals surface area contributed by atoms with Gasteiger partial charge >= 0.3 is 5.97 Å².